The zero-order valence-electron chi connectivity index (χ0n) is 16.0. The van der Waals surface area contributed by atoms with Gasteiger partial charge in [-0.1, -0.05) is 48.5 Å². The molecular formula is C24H22N2O3. The Labute approximate surface area is 169 Å². The molecule has 0 spiro atoms. The van der Waals surface area contributed by atoms with Gasteiger partial charge in [0.15, 0.2) is 0 Å². The molecule has 0 radical (unpaired) electrons. The average molecular weight is 386 g/mol. The third kappa shape index (κ3) is 4.05. The molecule has 3 aromatic rings. The van der Waals surface area contributed by atoms with E-state index in [1.54, 1.807) is 17.6 Å². The Morgan fingerprint density at radius 3 is 2.07 bits per heavy atom. The summed E-state index contributed by atoms with van der Waals surface area (Å²) in [5.74, 6) is -0.505. The largest absolute Gasteiger partial charge is 0.338 e. The van der Waals surface area contributed by atoms with Crippen LogP contribution in [0.3, 0.4) is 0 Å². The summed E-state index contributed by atoms with van der Waals surface area (Å²) >= 11 is 0. The first-order valence-electron chi connectivity index (χ1n) is 9.67. The fourth-order valence-corrected chi connectivity index (χ4v) is 3.75. The van der Waals surface area contributed by atoms with Crippen molar-refractivity contribution < 1.29 is 14.8 Å². The highest BCUT2D eigenvalue weighted by molar-refractivity contribution is 5.95. The summed E-state index contributed by atoms with van der Waals surface area (Å²) in [5.41, 5.74) is 7.14. The Morgan fingerprint density at radius 2 is 1.38 bits per heavy atom. The molecule has 0 bridgehead atoms. The van der Waals surface area contributed by atoms with Gasteiger partial charge in [0.25, 0.3) is 11.8 Å². The minimum atomic E-state index is -0.525. The number of nitrogens with zero attached hydrogens (tertiary/aromatic N) is 1. The fourth-order valence-electron chi connectivity index (χ4n) is 3.75. The van der Waals surface area contributed by atoms with Gasteiger partial charge < -0.3 is 4.90 Å². The Balaban J connectivity index is 1.48. The third-order valence-corrected chi connectivity index (χ3v) is 5.40. The van der Waals surface area contributed by atoms with E-state index in [4.69, 9.17) is 5.21 Å². The van der Waals surface area contributed by atoms with Crippen LogP contribution in [0.2, 0.25) is 0 Å². The molecule has 0 aliphatic carbocycles. The summed E-state index contributed by atoms with van der Waals surface area (Å²) in [6.45, 7) is 1.23. The van der Waals surface area contributed by atoms with Crippen LogP contribution in [0.5, 0.6) is 0 Å². The summed E-state index contributed by atoms with van der Waals surface area (Å²) in [7, 11) is 0. The third-order valence-electron chi connectivity index (χ3n) is 5.40. The second kappa shape index (κ2) is 8.29. The molecule has 2 amide bonds. The van der Waals surface area contributed by atoms with Crippen molar-refractivity contribution in [3.05, 3.63) is 95.1 Å². The van der Waals surface area contributed by atoms with Crippen molar-refractivity contribution in [2.24, 2.45) is 0 Å². The number of benzene rings is 3. The molecule has 4 rings (SSSR count). The van der Waals surface area contributed by atoms with E-state index in [0.717, 1.165) is 28.7 Å². The maximum absolute atomic E-state index is 13.0. The number of hydrogen-bond acceptors (Lipinski definition) is 3. The summed E-state index contributed by atoms with van der Waals surface area (Å²) < 4.78 is 0. The first-order valence-corrected chi connectivity index (χ1v) is 9.67. The second-order valence-electron chi connectivity index (χ2n) is 7.16. The number of amides is 2. The zero-order chi connectivity index (χ0) is 20.2. The van der Waals surface area contributed by atoms with Crippen LogP contribution in [0.25, 0.3) is 11.1 Å². The number of hydrogen-bond donors (Lipinski definition) is 2. The second-order valence-corrected chi connectivity index (χ2v) is 7.16. The van der Waals surface area contributed by atoms with Gasteiger partial charge in [-0.2, -0.15) is 0 Å². The molecule has 5 heteroatoms. The van der Waals surface area contributed by atoms with Gasteiger partial charge in [-0.05, 0) is 59.4 Å². The van der Waals surface area contributed by atoms with Gasteiger partial charge in [0, 0.05) is 24.2 Å². The number of carbonyl (C=O) groups is 2. The number of fused-ring (bicyclic) bond motifs is 1. The van der Waals surface area contributed by atoms with E-state index in [-0.39, 0.29) is 5.91 Å². The Hall–Kier alpha value is -3.44. The van der Waals surface area contributed by atoms with Gasteiger partial charge in [0.05, 0.1) is 0 Å². The molecule has 1 aliphatic rings. The van der Waals surface area contributed by atoms with Crippen molar-refractivity contribution in [1.29, 1.82) is 0 Å². The van der Waals surface area contributed by atoms with Gasteiger partial charge in [0.1, 0.15) is 0 Å². The molecule has 0 unspecified atom stereocenters. The highest BCUT2D eigenvalue weighted by Crippen LogP contribution is 2.22. The van der Waals surface area contributed by atoms with Crippen LogP contribution in [-0.4, -0.2) is 35.0 Å². The molecule has 0 aromatic heterocycles. The minimum Gasteiger partial charge on any atom is -0.338 e. The highest BCUT2D eigenvalue weighted by atomic mass is 16.5. The van der Waals surface area contributed by atoms with E-state index >= 15 is 0 Å². The van der Waals surface area contributed by atoms with Gasteiger partial charge in [0.2, 0.25) is 0 Å². The first kappa shape index (κ1) is 18.9. The molecule has 0 fully saturated rings. The van der Waals surface area contributed by atoms with Crippen LogP contribution in [0.1, 0.15) is 31.8 Å². The molecule has 29 heavy (non-hydrogen) atoms. The maximum Gasteiger partial charge on any atom is 0.274 e. The summed E-state index contributed by atoms with van der Waals surface area (Å²) in [6, 6.07) is 23.2. The lowest BCUT2D eigenvalue weighted by atomic mass is 10.00. The lowest BCUT2D eigenvalue weighted by Gasteiger charge is -2.20. The molecule has 2 N–H and O–H groups in total. The number of rotatable bonds is 3. The van der Waals surface area contributed by atoms with E-state index in [1.165, 1.54) is 0 Å². The van der Waals surface area contributed by atoms with Crippen LogP contribution in [-0.2, 0) is 12.8 Å². The number of carbonyl (C=O) groups excluding carboxylic acids is 2. The lowest BCUT2D eigenvalue weighted by molar-refractivity contribution is 0.0705. The predicted molar refractivity (Wildman–Crippen MR) is 111 cm³/mol. The standard InChI is InChI=1S/C24H22N2O3/c27-23(25-29)22-11-8-19-12-14-26(15-13-21(19)16-22)24(28)20-9-6-18(7-10-20)17-4-2-1-3-5-17/h1-11,16,29H,12-15H2,(H,25,27). The summed E-state index contributed by atoms with van der Waals surface area (Å²) in [6.07, 6.45) is 1.42. The van der Waals surface area contributed by atoms with E-state index in [0.29, 0.717) is 30.6 Å². The molecule has 0 saturated carbocycles. The average Bonchev–Trinajstić information content (AvgIpc) is 3.01. The SMILES string of the molecule is O=C(NO)c1ccc2c(c1)CCN(C(=O)c1ccc(-c3ccccc3)cc1)CC2. The quantitative estimate of drug-likeness (QED) is 0.533. The van der Waals surface area contributed by atoms with Gasteiger partial charge in [-0.3, -0.25) is 14.8 Å². The molecular weight excluding hydrogens is 364 g/mol. The Morgan fingerprint density at radius 1 is 0.759 bits per heavy atom. The summed E-state index contributed by atoms with van der Waals surface area (Å²) in [5, 5.41) is 8.83. The van der Waals surface area contributed by atoms with Crippen LogP contribution in [0, 0.1) is 0 Å². The molecule has 3 aromatic carbocycles. The van der Waals surface area contributed by atoms with Gasteiger partial charge in [-0.15, -0.1) is 0 Å². The van der Waals surface area contributed by atoms with Crippen LogP contribution in [0.4, 0.5) is 0 Å². The molecule has 1 heterocycles. The van der Waals surface area contributed by atoms with E-state index in [9.17, 15) is 9.59 Å². The molecule has 146 valence electrons. The smallest absolute Gasteiger partial charge is 0.274 e. The molecule has 1 aliphatic heterocycles. The van der Waals surface area contributed by atoms with Crippen LogP contribution in [0.15, 0.2) is 72.8 Å². The van der Waals surface area contributed by atoms with Gasteiger partial charge in [-0.25, -0.2) is 5.48 Å². The van der Waals surface area contributed by atoms with E-state index in [2.05, 4.69) is 0 Å². The van der Waals surface area contributed by atoms with E-state index < -0.39 is 5.91 Å². The Kier molecular flexibility index (Phi) is 5.40. The normalized spacial score (nSPS) is 13.3. The molecule has 0 atom stereocenters. The van der Waals surface area contributed by atoms with Crippen molar-refractivity contribution >= 4 is 11.8 Å². The van der Waals surface area contributed by atoms with Crippen molar-refractivity contribution in [1.82, 2.24) is 10.4 Å². The molecule has 5 nitrogen and oxygen atoms in total. The minimum absolute atomic E-state index is 0.0192. The van der Waals surface area contributed by atoms with Crippen molar-refractivity contribution in [3.8, 4) is 11.1 Å². The monoisotopic (exact) mass is 386 g/mol. The predicted octanol–water partition coefficient (Wildman–Crippen LogP) is 3.71. The number of hydroxylamine groups is 1. The topological polar surface area (TPSA) is 69.6 Å². The van der Waals surface area contributed by atoms with Crippen molar-refractivity contribution in [2.45, 2.75) is 12.8 Å². The summed E-state index contributed by atoms with van der Waals surface area (Å²) in [4.78, 5) is 26.5. The number of nitrogens with one attached hydrogen (secondary N) is 1. The zero-order valence-corrected chi connectivity index (χ0v) is 16.0. The van der Waals surface area contributed by atoms with Crippen molar-refractivity contribution in [2.75, 3.05) is 13.1 Å². The maximum atomic E-state index is 13.0. The molecule has 0 saturated heterocycles. The first-order chi connectivity index (χ1) is 14.2. The lowest BCUT2D eigenvalue weighted by Crippen LogP contribution is -2.33. The van der Waals surface area contributed by atoms with Crippen LogP contribution >= 0.6 is 0 Å². The van der Waals surface area contributed by atoms with Crippen molar-refractivity contribution in [3.63, 3.8) is 0 Å². The highest BCUT2D eigenvalue weighted by Gasteiger charge is 2.20. The van der Waals surface area contributed by atoms with Gasteiger partial charge >= 0.3 is 0 Å². The van der Waals surface area contributed by atoms with E-state index in [1.807, 2.05) is 65.6 Å². The fraction of sp³-hybridized carbons (Fsp3) is 0.167. The Bertz CT molecular complexity index is 1030. The van der Waals surface area contributed by atoms with Crippen LogP contribution < -0.4 is 5.48 Å².